The summed E-state index contributed by atoms with van der Waals surface area (Å²) in [6.07, 6.45) is 3.87. The number of carbonyl (C=O) groups excluding carboxylic acids is 1. The number of benzene rings is 2. The van der Waals surface area contributed by atoms with Crippen molar-refractivity contribution in [1.29, 1.82) is 0 Å². The van der Waals surface area contributed by atoms with E-state index in [1.54, 1.807) is 7.11 Å². The minimum absolute atomic E-state index is 0.0414. The molecule has 3 aromatic rings. The van der Waals surface area contributed by atoms with Crippen molar-refractivity contribution in [2.45, 2.75) is 25.3 Å². The first kappa shape index (κ1) is 17.9. The van der Waals surface area contributed by atoms with Crippen molar-refractivity contribution >= 4 is 11.6 Å². The van der Waals surface area contributed by atoms with Gasteiger partial charge in [-0.25, -0.2) is 0 Å². The second kappa shape index (κ2) is 6.69. The fraction of sp³-hybridized carbons (Fsp3) is 0.292. The summed E-state index contributed by atoms with van der Waals surface area (Å²) >= 11 is 0. The largest absolute Gasteiger partial charge is 0.496 e. The Morgan fingerprint density at radius 1 is 1.07 bits per heavy atom. The topological polar surface area (TPSA) is 46.5 Å². The van der Waals surface area contributed by atoms with Gasteiger partial charge in [0.25, 0.3) is 5.91 Å². The lowest BCUT2D eigenvalue weighted by Gasteiger charge is -2.46. The van der Waals surface area contributed by atoms with Crippen LogP contribution in [0.15, 0.2) is 60.8 Å². The van der Waals surface area contributed by atoms with Gasteiger partial charge in [0.2, 0.25) is 0 Å². The molecule has 0 aliphatic carbocycles. The van der Waals surface area contributed by atoms with Crippen LogP contribution in [0.4, 0.5) is 5.69 Å². The third-order valence-electron chi connectivity index (χ3n) is 6.27. The highest BCUT2D eigenvalue weighted by Gasteiger charge is 2.42. The van der Waals surface area contributed by atoms with Crippen LogP contribution in [0.3, 0.4) is 0 Å². The van der Waals surface area contributed by atoms with E-state index in [0.29, 0.717) is 24.4 Å². The molecule has 0 atom stereocenters. The van der Waals surface area contributed by atoms with Gasteiger partial charge in [-0.2, -0.15) is 0 Å². The van der Waals surface area contributed by atoms with E-state index in [4.69, 9.17) is 4.74 Å². The van der Waals surface area contributed by atoms with Crippen LogP contribution in [0.5, 0.6) is 5.75 Å². The van der Waals surface area contributed by atoms with Gasteiger partial charge >= 0.3 is 0 Å². The predicted octanol–water partition coefficient (Wildman–Crippen LogP) is 4.35. The summed E-state index contributed by atoms with van der Waals surface area (Å²) < 4.78 is 7.68. The molecule has 1 amide bonds. The van der Waals surface area contributed by atoms with Gasteiger partial charge in [-0.3, -0.25) is 4.79 Å². The first-order valence-corrected chi connectivity index (χ1v) is 10.1. The second-order valence-electron chi connectivity index (χ2n) is 7.98. The summed E-state index contributed by atoms with van der Waals surface area (Å²) in [5.74, 6) is 0.673. The maximum Gasteiger partial charge on any atom is 0.257 e. The molecule has 1 N–H and O–H groups in total. The van der Waals surface area contributed by atoms with E-state index >= 15 is 0 Å². The van der Waals surface area contributed by atoms with Crippen LogP contribution < -0.4 is 10.1 Å². The summed E-state index contributed by atoms with van der Waals surface area (Å²) in [4.78, 5) is 15.1. The van der Waals surface area contributed by atoms with Gasteiger partial charge in [-0.1, -0.05) is 18.2 Å². The van der Waals surface area contributed by atoms with Crippen molar-refractivity contribution in [3.63, 3.8) is 0 Å². The lowest BCUT2D eigenvalue weighted by Crippen LogP contribution is -2.51. The molecule has 0 unspecified atom stereocenters. The van der Waals surface area contributed by atoms with Crippen molar-refractivity contribution in [3.05, 3.63) is 77.6 Å². The van der Waals surface area contributed by atoms with Crippen molar-refractivity contribution in [1.82, 2.24) is 9.47 Å². The van der Waals surface area contributed by atoms with Crippen LogP contribution in [0, 0.1) is 6.92 Å². The smallest absolute Gasteiger partial charge is 0.257 e. The third-order valence-corrected chi connectivity index (χ3v) is 6.27. The molecule has 1 fully saturated rings. The average Bonchev–Trinajstić information content (AvgIpc) is 3.25. The minimum atomic E-state index is -0.151. The van der Waals surface area contributed by atoms with Gasteiger partial charge in [0, 0.05) is 25.0 Å². The fourth-order valence-electron chi connectivity index (χ4n) is 4.73. The number of hydrogen-bond donors (Lipinski definition) is 1. The molecule has 2 aromatic carbocycles. The number of anilines is 1. The first-order chi connectivity index (χ1) is 14.1. The van der Waals surface area contributed by atoms with Crippen molar-refractivity contribution < 1.29 is 9.53 Å². The van der Waals surface area contributed by atoms with E-state index in [-0.39, 0.29) is 11.4 Å². The number of aryl methyl sites for hydroxylation is 1. The highest BCUT2D eigenvalue weighted by atomic mass is 16.5. The maximum atomic E-state index is 13.1. The summed E-state index contributed by atoms with van der Waals surface area (Å²) in [5.41, 5.74) is 5.35. The SMILES string of the molecule is COc1ccccc1C(=O)N1CCC2(CC1)Nc1cc(C)ccc1-n1cccc12. The molecule has 5 nitrogen and oxygen atoms in total. The summed E-state index contributed by atoms with van der Waals surface area (Å²) in [6, 6.07) is 18.3. The van der Waals surface area contributed by atoms with Crippen LogP contribution in [0.25, 0.3) is 5.69 Å². The number of ether oxygens (including phenoxy) is 1. The van der Waals surface area contributed by atoms with Crippen molar-refractivity contribution in [2.24, 2.45) is 0 Å². The molecule has 148 valence electrons. The van der Waals surface area contributed by atoms with Gasteiger partial charge in [-0.05, 0) is 61.7 Å². The number of nitrogens with zero attached hydrogens (tertiary/aromatic N) is 2. The number of hydrogen-bond acceptors (Lipinski definition) is 3. The van der Waals surface area contributed by atoms with Crippen LogP contribution in [-0.2, 0) is 5.54 Å². The Bertz CT molecular complexity index is 1080. The number of aromatic nitrogens is 1. The standard InChI is InChI=1S/C24H25N3O2/c1-17-9-10-20-19(16-17)25-24(22-8-5-13-27(20)22)11-14-26(15-12-24)23(28)18-6-3-4-7-21(18)29-2/h3-10,13,16,25H,11-12,14-15H2,1-2H3. The van der Waals surface area contributed by atoms with Gasteiger partial charge < -0.3 is 19.5 Å². The third kappa shape index (κ3) is 2.80. The molecule has 29 heavy (non-hydrogen) atoms. The van der Waals surface area contributed by atoms with E-state index in [1.807, 2.05) is 29.2 Å². The van der Waals surface area contributed by atoms with Crippen LogP contribution in [0.1, 0.15) is 34.5 Å². The summed E-state index contributed by atoms with van der Waals surface area (Å²) in [5, 5.41) is 3.83. The van der Waals surface area contributed by atoms with Gasteiger partial charge in [-0.15, -0.1) is 0 Å². The molecule has 5 heteroatoms. The van der Waals surface area contributed by atoms with Crippen LogP contribution in [0.2, 0.25) is 0 Å². The lowest BCUT2D eigenvalue weighted by atomic mass is 9.82. The number of carbonyl (C=O) groups is 1. The monoisotopic (exact) mass is 387 g/mol. The lowest BCUT2D eigenvalue weighted by molar-refractivity contribution is 0.0673. The van der Waals surface area contributed by atoms with Gasteiger partial charge in [0.05, 0.1) is 29.6 Å². The Morgan fingerprint density at radius 2 is 1.86 bits per heavy atom. The normalized spacial score (nSPS) is 16.7. The Hall–Kier alpha value is -3.21. The molecule has 1 saturated heterocycles. The molecular formula is C24H25N3O2. The van der Waals surface area contributed by atoms with E-state index in [2.05, 4.69) is 53.3 Å². The Balaban J connectivity index is 1.42. The number of methoxy groups -OCH3 is 1. The van der Waals surface area contributed by atoms with E-state index in [1.165, 1.54) is 22.6 Å². The molecule has 2 aliphatic heterocycles. The summed E-state index contributed by atoms with van der Waals surface area (Å²) in [6.45, 7) is 3.53. The van der Waals surface area contributed by atoms with Crippen LogP contribution >= 0.6 is 0 Å². The van der Waals surface area contributed by atoms with Gasteiger partial charge in [0.15, 0.2) is 0 Å². The zero-order valence-corrected chi connectivity index (χ0v) is 16.8. The minimum Gasteiger partial charge on any atom is -0.496 e. The number of para-hydroxylation sites is 1. The molecule has 1 spiro atoms. The molecule has 5 rings (SSSR count). The Labute approximate surface area is 170 Å². The zero-order valence-electron chi connectivity index (χ0n) is 16.8. The molecule has 3 heterocycles. The number of nitrogens with one attached hydrogen (secondary N) is 1. The number of piperidine rings is 1. The van der Waals surface area contributed by atoms with E-state index < -0.39 is 0 Å². The van der Waals surface area contributed by atoms with Crippen molar-refractivity contribution in [3.8, 4) is 11.4 Å². The Kier molecular flexibility index (Phi) is 4.12. The number of rotatable bonds is 2. The summed E-state index contributed by atoms with van der Waals surface area (Å²) in [7, 11) is 1.61. The van der Waals surface area contributed by atoms with E-state index in [0.717, 1.165) is 12.8 Å². The fourth-order valence-corrected chi connectivity index (χ4v) is 4.73. The van der Waals surface area contributed by atoms with E-state index in [9.17, 15) is 4.79 Å². The quantitative estimate of drug-likeness (QED) is 0.711. The number of fused-ring (bicyclic) bond motifs is 4. The Morgan fingerprint density at radius 3 is 2.66 bits per heavy atom. The molecule has 0 bridgehead atoms. The van der Waals surface area contributed by atoms with Crippen molar-refractivity contribution in [2.75, 3.05) is 25.5 Å². The maximum absolute atomic E-state index is 13.1. The predicted molar refractivity (Wildman–Crippen MR) is 114 cm³/mol. The molecular weight excluding hydrogens is 362 g/mol. The van der Waals surface area contributed by atoms with Crippen LogP contribution in [-0.4, -0.2) is 35.6 Å². The van der Waals surface area contributed by atoms with Gasteiger partial charge in [0.1, 0.15) is 5.75 Å². The number of likely N-dealkylation sites (tertiary alicyclic amines) is 1. The molecule has 0 radical (unpaired) electrons. The zero-order chi connectivity index (χ0) is 20.0. The highest BCUT2D eigenvalue weighted by molar-refractivity contribution is 5.97. The molecule has 2 aliphatic rings. The molecule has 1 aromatic heterocycles. The molecule has 0 saturated carbocycles. The first-order valence-electron chi connectivity index (χ1n) is 10.1. The number of amides is 1. The average molecular weight is 387 g/mol. The second-order valence-corrected chi connectivity index (χ2v) is 7.98. The highest BCUT2D eigenvalue weighted by Crippen LogP contribution is 2.43.